The number of carbonyl (C=O) groups excluding carboxylic acids is 2. The Morgan fingerprint density at radius 3 is 2.64 bits per heavy atom. The minimum absolute atomic E-state index is 0.146. The maximum atomic E-state index is 13.9. The Morgan fingerprint density at radius 2 is 2.14 bits per heavy atom. The van der Waals surface area contributed by atoms with Crippen LogP contribution in [0, 0.1) is 15.9 Å². The number of ether oxygens (including phenoxy) is 1. The minimum atomic E-state index is -1.05. The Balaban J connectivity index is 3.05. The Labute approximate surface area is 126 Å². The Hall–Kier alpha value is -2.51. The second-order valence-electron chi connectivity index (χ2n) is 5.56. The number of hydrogen-bond donors (Lipinski definition) is 1. The van der Waals surface area contributed by atoms with Crippen LogP contribution in [-0.2, 0) is 9.53 Å². The van der Waals surface area contributed by atoms with Gasteiger partial charge in [0.2, 0.25) is 0 Å². The van der Waals surface area contributed by atoms with Gasteiger partial charge in [-0.05, 0) is 26.8 Å². The van der Waals surface area contributed by atoms with Gasteiger partial charge >= 0.3 is 6.09 Å². The molecule has 22 heavy (non-hydrogen) atoms. The maximum absolute atomic E-state index is 13.9. The fourth-order valence-corrected chi connectivity index (χ4v) is 1.72. The molecule has 120 valence electrons. The highest BCUT2D eigenvalue weighted by Crippen LogP contribution is 2.25. The molecule has 0 aromatic heterocycles. The summed E-state index contributed by atoms with van der Waals surface area (Å²) in [5.41, 5.74) is -1.25. The van der Waals surface area contributed by atoms with Crippen molar-refractivity contribution in [2.24, 2.45) is 0 Å². The number of non-ortho nitro benzene ring substituents is 1. The Morgan fingerprint density at radius 1 is 1.50 bits per heavy atom. The summed E-state index contributed by atoms with van der Waals surface area (Å²) in [6, 6.07) is 1.86. The molecule has 0 aliphatic rings. The van der Waals surface area contributed by atoms with Crippen LogP contribution in [-0.4, -0.2) is 22.9 Å². The van der Waals surface area contributed by atoms with Crippen molar-refractivity contribution in [1.82, 2.24) is 5.32 Å². The van der Waals surface area contributed by atoms with Crippen molar-refractivity contribution in [3.05, 3.63) is 39.7 Å². The van der Waals surface area contributed by atoms with Gasteiger partial charge < -0.3 is 14.8 Å². The topological polar surface area (TPSA) is 98.5 Å². The Bertz CT molecular complexity index is 583. The van der Waals surface area contributed by atoms with Crippen molar-refractivity contribution in [3.8, 4) is 0 Å². The number of aldehydes is 1. The van der Waals surface area contributed by atoms with E-state index < -0.39 is 28.5 Å². The molecule has 1 rings (SSSR count). The zero-order valence-electron chi connectivity index (χ0n) is 12.5. The van der Waals surface area contributed by atoms with E-state index in [-0.39, 0.29) is 17.7 Å². The first-order valence-corrected chi connectivity index (χ1v) is 6.51. The van der Waals surface area contributed by atoms with Crippen molar-refractivity contribution in [3.63, 3.8) is 0 Å². The lowest BCUT2D eigenvalue weighted by molar-refractivity contribution is -0.385. The van der Waals surface area contributed by atoms with Crippen LogP contribution in [0.5, 0.6) is 0 Å². The molecule has 1 aromatic rings. The van der Waals surface area contributed by atoms with Crippen LogP contribution in [0.2, 0.25) is 0 Å². The van der Waals surface area contributed by atoms with E-state index in [1.165, 1.54) is 0 Å². The average molecular weight is 312 g/mol. The van der Waals surface area contributed by atoms with Crippen LogP contribution in [0.15, 0.2) is 18.2 Å². The summed E-state index contributed by atoms with van der Waals surface area (Å²) in [4.78, 5) is 32.5. The van der Waals surface area contributed by atoms with Gasteiger partial charge in [-0.15, -0.1) is 0 Å². The highest BCUT2D eigenvalue weighted by atomic mass is 19.1. The van der Waals surface area contributed by atoms with Gasteiger partial charge in [0.15, 0.2) is 0 Å². The van der Waals surface area contributed by atoms with Crippen LogP contribution >= 0.6 is 0 Å². The number of nitro groups is 1. The van der Waals surface area contributed by atoms with E-state index in [1.54, 1.807) is 20.8 Å². The first kappa shape index (κ1) is 17.5. The normalized spacial score (nSPS) is 12.4. The number of rotatable bonds is 5. The summed E-state index contributed by atoms with van der Waals surface area (Å²) in [6.07, 6.45) is -0.595. The zero-order valence-corrected chi connectivity index (χ0v) is 12.5. The van der Waals surface area contributed by atoms with Crippen LogP contribution in [0.3, 0.4) is 0 Å². The van der Waals surface area contributed by atoms with E-state index in [0.29, 0.717) is 6.29 Å². The maximum Gasteiger partial charge on any atom is 0.408 e. The molecule has 0 saturated carbocycles. The average Bonchev–Trinajstić information content (AvgIpc) is 2.36. The van der Waals surface area contributed by atoms with Crippen LogP contribution in [0.25, 0.3) is 0 Å². The second kappa shape index (κ2) is 6.97. The summed E-state index contributed by atoms with van der Waals surface area (Å²) >= 11 is 0. The van der Waals surface area contributed by atoms with Crippen molar-refractivity contribution in [2.75, 3.05) is 0 Å². The third-order valence-electron chi connectivity index (χ3n) is 2.59. The predicted octanol–water partition coefficient (Wildman–Crippen LogP) is 2.89. The molecule has 0 spiro atoms. The number of nitrogens with one attached hydrogen (secondary N) is 1. The van der Waals surface area contributed by atoms with E-state index in [0.717, 1.165) is 18.2 Å². The van der Waals surface area contributed by atoms with Crippen molar-refractivity contribution in [1.29, 1.82) is 0 Å². The Kier molecular flexibility index (Phi) is 5.56. The number of alkyl carbamates (subject to hydrolysis) is 1. The van der Waals surface area contributed by atoms with Crippen LogP contribution < -0.4 is 5.32 Å². The molecule has 0 bridgehead atoms. The van der Waals surface area contributed by atoms with Gasteiger partial charge in [-0.25, -0.2) is 9.18 Å². The van der Waals surface area contributed by atoms with Crippen molar-refractivity contribution >= 4 is 18.1 Å². The third-order valence-corrected chi connectivity index (χ3v) is 2.59. The van der Waals surface area contributed by atoms with Gasteiger partial charge in [0.1, 0.15) is 17.7 Å². The van der Waals surface area contributed by atoms with Crippen LogP contribution in [0.4, 0.5) is 14.9 Å². The van der Waals surface area contributed by atoms with Crippen LogP contribution in [0.1, 0.15) is 38.8 Å². The van der Waals surface area contributed by atoms with E-state index in [9.17, 15) is 24.1 Å². The highest BCUT2D eigenvalue weighted by molar-refractivity contribution is 5.69. The summed E-state index contributed by atoms with van der Waals surface area (Å²) in [7, 11) is 0. The van der Waals surface area contributed by atoms with Crippen molar-refractivity contribution < 1.29 is 23.6 Å². The highest BCUT2D eigenvalue weighted by Gasteiger charge is 2.24. The first-order chi connectivity index (χ1) is 10.1. The van der Waals surface area contributed by atoms with E-state index >= 15 is 0 Å². The molecular formula is C14H17FN2O5. The first-order valence-electron chi connectivity index (χ1n) is 6.51. The number of nitrogens with zero attached hydrogens (tertiary/aromatic N) is 1. The number of hydrogen-bond acceptors (Lipinski definition) is 5. The molecular weight excluding hydrogens is 295 g/mol. The van der Waals surface area contributed by atoms with Crippen molar-refractivity contribution in [2.45, 2.75) is 38.8 Å². The lowest BCUT2D eigenvalue weighted by Gasteiger charge is -2.23. The predicted molar refractivity (Wildman–Crippen MR) is 75.8 cm³/mol. The number of carbonyl (C=O) groups is 2. The second-order valence-corrected chi connectivity index (χ2v) is 5.56. The molecule has 0 aliphatic carbocycles. The van der Waals surface area contributed by atoms with E-state index in [4.69, 9.17) is 4.74 Å². The molecule has 1 atom stereocenters. The zero-order chi connectivity index (χ0) is 16.9. The van der Waals surface area contributed by atoms with E-state index in [1.807, 2.05) is 0 Å². The molecule has 0 fully saturated rings. The molecule has 0 unspecified atom stereocenters. The molecule has 1 aromatic carbocycles. The standard InChI is InChI=1S/C14H17FN2O5/c1-14(2,3)22-13(19)16-12(6-7-18)10-8-9(17(20)21)4-5-11(10)15/h4-5,7-8,12H,6H2,1-3H3,(H,16,19)/t12-/m1/s1. The molecule has 0 saturated heterocycles. The molecule has 0 heterocycles. The summed E-state index contributed by atoms with van der Waals surface area (Å²) < 4.78 is 18.9. The van der Waals surface area contributed by atoms with E-state index in [2.05, 4.69) is 5.32 Å². The lowest BCUT2D eigenvalue weighted by atomic mass is 10.0. The minimum Gasteiger partial charge on any atom is -0.444 e. The molecule has 1 amide bonds. The lowest BCUT2D eigenvalue weighted by Crippen LogP contribution is -2.35. The summed E-state index contributed by atoms with van der Waals surface area (Å²) in [5.74, 6) is -0.756. The number of nitro benzene ring substituents is 1. The summed E-state index contributed by atoms with van der Waals surface area (Å²) in [5, 5.41) is 13.1. The third kappa shape index (κ3) is 5.12. The van der Waals surface area contributed by atoms with Gasteiger partial charge in [0.25, 0.3) is 5.69 Å². The number of benzene rings is 1. The molecule has 0 radical (unpaired) electrons. The SMILES string of the molecule is CC(C)(C)OC(=O)N[C@H](CC=O)c1cc([N+](=O)[O-])ccc1F. The van der Waals surface area contributed by atoms with Gasteiger partial charge in [-0.3, -0.25) is 10.1 Å². The van der Waals surface area contributed by atoms with Gasteiger partial charge in [-0.1, -0.05) is 0 Å². The quantitative estimate of drug-likeness (QED) is 0.512. The molecule has 8 heteroatoms. The fraction of sp³-hybridized carbons (Fsp3) is 0.429. The van der Waals surface area contributed by atoms with Gasteiger partial charge in [0.05, 0.1) is 11.0 Å². The monoisotopic (exact) mass is 312 g/mol. The van der Waals surface area contributed by atoms with Gasteiger partial charge in [0, 0.05) is 24.1 Å². The molecule has 0 aliphatic heterocycles. The molecule has 7 nitrogen and oxygen atoms in total. The largest absolute Gasteiger partial charge is 0.444 e. The molecule has 1 N–H and O–H groups in total. The summed E-state index contributed by atoms with van der Waals surface area (Å²) in [6.45, 7) is 4.94. The van der Waals surface area contributed by atoms with Gasteiger partial charge in [-0.2, -0.15) is 0 Å². The smallest absolute Gasteiger partial charge is 0.408 e. The number of amides is 1. The number of halogens is 1. The fourth-order valence-electron chi connectivity index (χ4n) is 1.72.